The van der Waals surface area contributed by atoms with Crippen LogP contribution >= 0.6 is 11.6 Å². The zero-order valence-electron chi connectivity index (χ0n) is 11.6. The van der Waals surface area contributed by atoms with Crippen LogP contribution in [-0.4, -0.2) is 12.3 Å². The monoisotopic (exact) mass is 315 g/mol. The largest absolute Gasteiger partial charge is 0.431 e. The first-order valence-corrected chi connectivity index (χ1v) is 7.04. The lowest BCUT2D eigenvalue weighted by Crippen LogP contribution is -2.14. The van der Waals surface area contributed by atoms with E-state index in [0.717, 1.165) is 0 Å². The molecule has 0 spiro atoms. The Morgan fingerprint density at radius 3 is 2.76 bits per heavy atom. The summed E-state index contributed by atoms with van der Waals surface area (Å²) in [6.45, 7) is 1.77. The van der Waals surface area contributed by atoms with Crippen LogP contribution in [0.2, 0.25) is 5.02 Å². The molecule has 0 fully saturated rings. The molecule has 0 radical (unpaired) electrons. The topological polar surface area (TPSA) is 50.1 Å². The van der Waals surface area contributed by atoms with Gasteiger partial charge in [-0.3, -0.25) is 4.79 Å². The van der Waals surface area contributed by atoms with E-state index in [1.54, 1.807) is 6.92 Å². The first-order valence-electron chi connectivity index (χ1n) is 6.66. The van der Waals surface area contributed by atoms with Gasteiger partial charge in [-0.05, 0) is 25.0 Å². The van der Waals surface area contributed by atoms with E-state index in [0.29, 0.717) is 6.42 Å². The molecule has 2 atom stereocenters. The summed E-state index contributed by atoms with van der Waals surface area (Å²) < 4.78 is 31.4. The number of benzene rings is 1. The van der Waals surface area contributed by atoms with E-state index in [1.165, 1.54) is 18.2 Å². The molecule has 6 heteroatoms. The Morgan fingerprint density at radius 1 is 1.48 bits per heavy atom. The molecule has 0 saturated carbocycles. The van der Waals surface area contributed by atoms with Crippen molar-refractivity contribution in [2.24, 2.45) is 0 Å². The van der Waals surface area contributed by atoms with Crippen molar-refractivity contribution in [2.75, 3.05) is 0 Å². The van der Waals surface area contributed by atoms with Crippen molar-refractivity contribution in [1.82, 2.24) is 0 Å². The van der Waals surface area contributed by atoms with Gasteiger partial charge in [-0.25, -0.2) is 8.78 Å². The molecule has 0 aliphatic heterocycles. The summed E-state index contributed by atoms with van der Waals surface area (Å²) in [4.78, 5) is 11.5. The number of carbonyl (C=O) groups excluding carboxylic acids is 1. The van der Waals surface area contributed by atoms with Gasteiger partial charge in [-0.15, -0.1) is 0 Å². The lowest BCUT2D eigenvalue weighted by Gasteiger charge is -2.13. The minimum atomic E-state index is -1.64. The van der Waals surface area contributed by atoms with Crippen LogP contribution in [0.5, 0.6) is 0 Å². The molecule has 0 aromatic heterocycles. The third kappa shape index (κ3) is 5.31. The van der Waals surface area contributed by atoms with Crippen LogP contribution in [0.15, 0.2) is 18.2 Å². The minimum Gasteiger partial charge on any atom is -0.431 e. The van der Waals surface area contributed by atoms with E-state index in [4.69, 9.17) is 16.9 Å². The number of nitriles is 1. The van der Waals surface area contributed by atoms with Gasteiger partial charge in [-0.1, -0.05) is 24.6 Å². The highest BCUT2D eigenvalue weighted by Crippen LogP contribution is 2.30. The molecule has 3 nitrogen and oxygen atoms in total. The summed E-state index contributed by atoms with van der Waals surface area (Å²) in [5.74, 6) is -2.23. The molecular formula is C15H16ClF2NO2. The van der Waals surface area contributed by atoms with Gasteiger partial charge in [0, 0.05) is 23.4 Å². The summed E-state index contributed by atoms with van der Waals surface area (Å²) in [6.07, 6.45) is -1.10. The van der Waals surface area contributed by atoms with Crippen molar-refractivity contribution in [3.8, 4) is 6.07 Å². The quantitative estimate of drug-likeness (QED) is 0.696. The summed E-state index contributed by atoms with van der Waals surface area (Å²) >= 11 is 5.88. The van der Waals surface area contributed by atoms with E-state index in [2.05, 4.69) is 4.74 Å². The fourth-order valence-corrected chi connectivity index (χ4v) is 2.16. The average Bonchev–Trinajstić information content (AvgIpc) is 2.42. The highest BCUT2D eigenvalue weighted by molar-refractivity contribution is 6.31. The van der Waals surface area contributed by atoms with Crippen LogP contribution in [0.1, 0.15) is 44.1 Å². The van der Waals surface area contributed by atoms with Crippen molar-refractivity contribution in [3.05, 3.63) is 34.6 Å². The van der Waals surface area contributed by atoms with Crippen LogP contribution < -0.4 is 0 Å². The van der Waals surface area contributed by atoms with Crippen molar-refractivity contribution in [3.63, 3.8) is 0 Å². The van der Waals surface area contributed by atoms with Crippen LogP contribution in [0.25, 0.3) is 0 Å². The zero-order valence-corrected chi connectivity index (χ0v) is 12.4. The van der Waals surface area contributed by atoms with Crippen molar-refractivity contribution in [2.45, 2.75) is 44.9 Å². The van der Waals surface area contributed by atoms with E-state index in [9.17, 15) is 13.6 Å². The molecule has 0 aliphatic carbocycles. The fraction of sp³-hybridized carbons (Fsp3) is 0.467. The highest BCUT2D eigenvalue weighted by atomic mass is 35.5. The molecule has 114 valence electrons. The number of hydrogen-bond acceptors (Lipinski definition) is 3. The van der Waals surface area contributed by atoms with E-state index in [1.807, 2.05) is 6.07 Å². The normalized spacial score (nSPS) is 13.3. The average molecular weight is 316 g/mol. The molecule has 1 aromatic rings. The molecule has 21 heavy (non-hydrogen) atoms. The number of nitrogens with zero attached hydrogens (tertiary/aromatic N) is 1. The van der Waals surface area contributed by atoms with Gasteiger partial charge in [0.2, 0.25) is 6.36 Å². The molecule has 0 bridgehead atoms. The number of carbonyl (C=O) groups is 1. The summed E-state index contributed by atoms with van der Waals surface area (Å²) in [5, 5.41) is 9.23. The van der Waals surface area contributed by atoms with Crippen LogP contribution in [0.4, 0.5) is 8.78 Å². The molecule has 1 aromatic carbocycles. The Morgan fingerprint density at radius 2 is 2.19 bits per heavy atom. The van der Waals surface area contributed by atoms with Gasteiger partial charge >= 0.3 is 5.97 Å². The number of alkyl halides is 1. The van der Waals surface area contributed by atoms with Crippen LogP contribution in [0, 0.1) is 17.1 Å². The smallest absolute Gasteiger partial charge is 0.308 e. The van der Waals surface area contributed by atoms with Gasteiger partial charge in [0.25, 0.3) is 0 Å². The maximum absolute atomic E-state index is 13.7. The summed E-state index contributed by atoms with van der Waals surface area (Å²) in [5.41, 5.74) is 0.0554. The van der Waals surface area contributed by atoms with Gasteiger partial charge in [-0.2, -0.15) is 5.26 Å². The first-order chi connectivity index (χ1) is 9.99. The molecule has 0 N–H and O–H groups in total. The second-order valence-electron chi connectivity index (χ2n) is 4.54. The Labute approximate surface area is 127 Å². The third-order valence-corrected chi connectivity index (χ3v) is 3.25. The standard InChI is InChI=1S/C15H16ClF2NO2/c1-2-4-13(18)21-14(20)8-7-10(9-19)15-11(16)5-3-6-12(15)17/h3,5-6,10,13H,2,4,7-8H2,1H3. The highest BCUT2D eigenvalue weighted by Gasteiger charge is 2.21. The molecule has 2 unspecified atom stereocenters. The van der Waals surface area contributed by atoms with Gasteiger partial charge in [0.1, 0.15) is 5.82 Å². The second kappa shape index (κ2) is 8.58. The third-order valence-electron chi connectivity index (χ3n) is 2.92. The fourth-order valence-electron chi connectivity index (χ4n) is 1.87. The molecule has 0 saturated heterocycles. The molecule has 0 heterocycles. The van der Waals surface area contributed by atoms with Crippen LogP contribution in [-0.2, 0) is 9.53 Å². The maximum Gasteiger partial charge on any atom is 0.308 e. The molecule has 0 aliphatic rings. The molecule has 1 rings (SSSR count). The lowest BCUT2D eigenvalue weighted by atomic mass is 9.95. The predicted molar refractivity (Wildman–Crippen MR) is 74.9 cm³/mol. The van der Waals surface area contributed by atoms with Gasteiger partial charge < -0.3 is 4.74 Å². The maximum atomic E-state index is 13.7. The number of rotatable bonds is 7. The number of halogens is 3. The lowest BCUT2D eigenvalue weighted by molar-refractivity contribution is -0.158. The first kappa shape index (κ1) is 17.4. The summed E-state index contributed by atoms with van der Waals surface area (Å²) in [7, 11) is 0. The van der Waals surface area contributed by atoms with Crippen molar-refractivity contribution < 1.29 is 18.3 Å². The number of hydrogen-bond donors (Lipinski definition) is 0. The van der Waals surface area contributed by atoms with Crippen molar-refractivity contribution >= 4 is 17.6 Å². The Kier molecular flexibility index (Phi) is 7.10. The Bertz CT molecular complexity index is 511. The Hall–Kier alpha value is -1.67. The Balaban J connectivity index is 2.64. The summed E-state index contributed by atoms with van der Waals surface area (Å²) in [6, 6.07) is 6.01. The van der Waals surface area contributed by atoms with Crippen molar-refractivity contribution in [1.29, 1.82) is 5.26 Å². The molecule has 0 amide bonds. The second-order valence-corrected chi connectivity index (χ2v) is 4.95. The molecular weight excluding hydrogens is 300 g/mol. The van der Waals surface area contributed by atoms with Gasteiger partial charge in [0.15, 0.2) is 0 Å². The van der Waals surface area contributed by atoms with Gasteiger partial charge in [0.05, 0.1) is 12.0 Å². The SMILES string of the molecule is CCCC(F)OC(=O)CCC(C#N)c1c(F)cccc1Cl. The van der Waals surface area contributed by atoms with E-state index in [-0.39, 0.29) is 29.8 Å². The number of ether oxygens (including phenoxy) is 1. The van der Waals surface area contributed by atoms with E-state index >= 15 is 0 Å². The van der Waals surface area contributed by atoms with Crippen LogP contribution in [0.3, 0.4) is 0 Å². The zero-order chi connectivity index (χ0) is 15.8. The predicted octanol–water partition coefficient (Wildman–Crippen LogP) is 4.51. The minimum absolute atomic E-state index is 0.0227. The van der Waals surface area contributed by atoms with E-state index < -0.39 is 24.1 Å². The number of esters is 1.